The number of aromatic nitrogens is 2. The summed E-state index contributed by atoms with van der Waals surface area (Å²) < 4.78 is 32.9. The molecule has 6 nitrogen and oxygen atoms in total. The largest absolute Gasteiger partial charge is 0.339 e. The number of nitrogens with zero attached hydrogens (tertiary/aromatic N) is 2. The molecule has 0 amide bonds. The van der Waals surface area contributed by atoms with Gasteiger partial charge in [0.2, 0.25) is 11.7 Å². The van der Waals surface area contributed by atoms with E-state index in [1.807, 2.05) is 26.0 Å². The molecule has 0 aliphatic carbocycles. The Morgan fingerprint density at radius 3 is 2.78 bits per heavy atom. The molecule has 1 N–H and O–H groups in total. The lowest BCUT2D eigenvalue weighted by molar-refractivity contribution is 0.383. The molecule has 0 bridgehead atoms. The number of hydrogen-bond acceptors (Lipinski definition) is 6. The minimum Gasteiger partial charge on any atom is -0.339 e. The Hall–Kier alpha value is -2.19. The predicted molar refractivity (Wildman–Crippen MR) is 89.0 cm³/mol. The van der Waals surface area contributed by atoms with Crippen molar-refractivity contribution < 1.29 is 12.9 Å². The summed E-state index contributed by atoms with van der Waals surface area (Å²) in [5, 5.41) is 5.56. The van der Waals surface area contributed by atoms with Gasteiger partial charge in [0, 0.05) is 17.4 Å². The van der Waals surface area contributed by atoms with Crippen LogP contribution in [0.15, 0.2) is 44.4 Å². The number of thiophene rings is 1. The quantitative estimate of drug-likeness (QED) is 0.762. The molecule has 0 fully saturated rings. The zero-order valence-corrected chi connectivity index (χ0v) is 14.2. The van der Waals surface area contributed by atoms with Crippen molar-refractivity contribution in [3.8, 4) is 11.4 Å². The molecule has 120 valence electrons. The Labute approximate surface area is 138 Å². The normalized spacial score (nSPS) is 11.6. The lowest BCUT2D eigenvalue weighted by atomic mass is 10.2. The summed E-state index contributed by atoms with van der Waals surface area (Å²) in [6, 6.07) is 8.78. The first-order valence-corrected chi connectivity index (χ1v) is 9.36. The van der Waals surface area contributed by atoms with Crippen LogP contribution >= 0.6 is 11.3 Å². The standard InChI is InChI=1S/C15H15N3O3S2/c1-3-13-16-15(17-21-13)11-8-14(22-9-11)23(19,20)18-12-7-5-4-6-10(12)2/h4-9,18H,3H2,1-2H3. The van der Waals surface area contributed by atoms with Gasteiger partial charge in [0.25, 0.3) is 10.0 Å². The third kappa shape index (κ3) is 3.27. The van der Waals surface area contributed by atoms with Crippen LogP contribution in [0.5, 0.6) is 0 Å². The summed E-state index contributed by atoms with van der Waals surface area (Å²) in [5.74, 6) is 0.920. The van der Waals surface area contributed by atoms with Gasteiger partial charge in [-0.1, -0.05) is 30.3 Å². The van der Waals surface area contributed by atoms with Crippen LogP contribution in [0.4, 0.5) is 5.69 Å². The molecule has 23 heavy (non-hydrogen) atoms. The van der Waals surface area contributed by atoms with Crippen LogP contribution in [0.2, 0.25) is 0 Å². The molecule has 0 spiro atoms. The van der Waals surface area contributed by atoms with E-state index in [-0.39, 0.29) is 4.21 Å². The van der Waals surface area contributed by atoms with Crippen molar-refractivity contribution in [1.29, 1.82) is 0 Å². The van der Waals surface area contributed by atoms with Crippen molar-refractivity contribution in [2.75, 3.05) is 4.72 Å². The van der Waals surface area contributed by atoms with Crippen molar-refractivity contribution in [2.45, 2.75) is 24.5 Å². The second-order valence-corrected chi connectivity index (χ2v) is 7.76. The van der Waals surface area contributed by atoms with Crippen LogP contribution in [-0.4, -0.2) is 18.6 Å². The highest BCUT2D eigenvalue weighted by Gasteiger charge is 2.19. The molecule has 3 aromatic rings. The highest BCUT2D eigenvalue weighted by atomic mass is 32.2. The first-order valence-electron chi connectivity index (χ1n) is 6.99. The molecule has 0 saturated carbocycles. The van der Waals surface area contributed by atoms with Crippen LogP contribution in [0.3, 0.4) is 0 Å². The number of para-hydroxylation sites is 1. The average molecular weight is 349 g/mol. The fourth-order valence-electron chi connectivity index (χ4n) is 1.97. The molecule has 0 atom stereocenters. The minimum absolute atomic E-state index is 0.207. The van der Waals surface area contributed by atoms with Gasteiger partial charge in [-0.2, -0.15) is 4.98 Å². The lowest BCUT2D eigenvalue weighted by Crippen LogP contribution is -2.12. The summed E-state index contributed by atoms with van der Waals surface area (Å²) in [5.41, 5.74) is 2.05. The number of sulfonamides is 1. The van der Waals surface area contributed by atoms with E-state index in [1.165, 1.54) is 0 Å². The number of hydrogen-bond donors (Lipinski definition) is 1. The third-order valence-electron chi connectivity index (χ3n) is 3.26. The van der Waals surface area contributed by atoms with Gasteiger partial charge in [-0.3, -0.25) is 4.72 Å². The number of rotatable bonds is 5. The van der Waals surface area contributed by atoms with Gasteiger partial charge >= 0.3 is 0 Å². The van der Waals surface area contributed by atoms with Gasteiger partial charge in [-0.15, -0.1) is 11.3 Å². The highest BCUT2D eigenvalue weighted by Crippen LogP contribution is 2.28. The second kappa shape index (κ2) is 6.13. The SMILES string of the molecule is CCc1nc(-c2csc(S(=O)(=O)Nc3ccccc3C)c2)no1. The van der Waals surface area contributed by atoms with Gasteiger partial charge in [-0.25, -0.2) is 8.42 Å². The molecule has 0 saturated heterocycles. The van der Waals surface area contributed by atoms with Gasteiger partial charge in [0.05, 0.1) is 5.69 Å². The summed E-state index contributed by atoms with van der Waals surface area (Å²) in [6.07, 6.45) is 0.636. The molecule has 1 aromatic carbocycles. The maximum absolute atomic E-state index is 12.5. The zero-order valence-electron chi connectivity index (χ0n) is 12.6. The maximum atomic E-state index is 12.5. The summed E-state index contributed by atoms with van der Waals surface area (Å²) in [4.78, 5) is 4.21. The van der Waals surface area contributed by atoms with E-state index in [0.717, 1.165) is 16.9 Å². The monoisotopic (exact) mass is 349 g/mol. The van der Waals surface area contributed by atoms with E-state index in [2.05, 4.69) is 14.9 Å². The molecule has 2 heterocycles. The summed E-state index contributed by atoms with van der Waals surface area (Å²) in [7, 11) is -3.64. The van der Waals surface area contributed by atoms with Crippen LogP contribution in [-0.2, 0) is 16.4 Å². The Balaban J connectivity index is 1.88. The molecular weight excluding hydrogens is 334 g/mol. The van der Waals surface area contributed by atoms with E-state index in [4.69, 9.17) is 4.52 Å². The van der Waals surface area contributed by atoms with Crippen molar-refractivity contribution >= 4 is 27.0 Å². The Morgan fingerprint density at radius 1 is 1.30 bits per heavy atom. The molecule has 0 aliphatic rings. The van der Waals surface area contributed by atoms with Gasteiger partial charge < -0.3 is 4.52 Å². The molecule has 3 rings (SSSR count). The number of nitrogens with one attached hydrogen (secondary N) is 1. The van der Waals surface area contributed by atoms with Crippen LogP contribution < -0.4 is 4.72 Å². The van der Waals surface area contributed by atoms with Gasteiger partial charge in [0.1, 0.15) is 4.21 Å². The number of benzene rings is 1. The molecule has 0 aliphatic heterocycles. The zero-order chi connectivity index (χ0) is 16.4. The Bertz CT molecular complexity index is 929. The van der Waals surface area contributed by atoms with Crippen LogP contribution in [0.1, 0.15) is 18.4 Å². The summed E-state index contributed by atoms with van der Waals surface area (Å²) in [6.45, 7) is 3.76. The smallest absolute Gasteiger partial charge is 0.271 e. The Morgan fingerprint density at radius 2 is 2.09 bits per heavy atom. The van der Waals surface area contributed by atoms with Crippen LogP contribution in [0, 0.1) is 6.92 Å². The fraction of sp³-hybridized carbons (Fsp3) is 0.200. The molecule has 2 aromatic heterocycles. The summed E-state index contributed by atoms with van der Waals surface area (Å²) >= 11 is 1.12. The third-order valence-corrected chi connectivity index (χ3v) is 6.06. The van der Waals surface area contributed by atoms with E-state index in [9.17, 15) is 8.42 Å². The van der Waals surface area contributed by atoms with Crippen molar-refractivity contribution in [1.82, 2.24) is 10.1 Å². The number of anilines is 1. The maximum Gasteiger partial charge on any atom is 0.271 e. The van der Waals surface area contributed by atoms with E-state index in [1.54, 1.807) is 23.6 Å². The minimum atomic E-state index is -3.64. The number of aryl methyl sites for hydroxylation is 2. The first-order chi connectivity index (χ1) is 11.0. The predicted octanol–water partition coefficient (Wildman–Crippen LogP) is 3.47. The van der Waals surface area contributed by atoms with Crippen molar-refractivity contribution in [2.24, 2.45) is 0 Å². The molecular formula is C15H15N3O3S2. The van der Waals surface area contributed by atoms with Crippen molar-refractivity contribution in [3.05, 3.63) is 47.2 Å². The van der Waals surface area contributed by atoms with Crippen molar-refractivity contribution in [3.63, 3.8) is 0 Å². The van der Waals surface area contributed by atoms with E-state index in [0.29, 0.717) is 29.4 Å². The molecule has 0 unspecified atom stereocenters. The second-order valence-electron chi connectivity index (χ2n) is 4.94. The first kappa shape index (κ1) is 15.7. The van der Waals surface area contributed by atoms with Crippen LogP contribution in [0.25, 0.3) is 11.4 Å². The van der Waals surface area contributed by atoms with Gasteiger partial charge in [0.15, 0.2) is 0 Å². The van der Waals surface area contributed by atoms with Gasteiger partial charge in [-0.05, 0) is 24.6 Å². The Kier molecular flexibility index (Phi) is 4.18. The fourth-order valence-corrected chi connectivity index (χ4v) is 4.26. The topological polar surface area (TPSA) is 85.1 Å². The highest BCUT2D eigenvalue weighted by molar-refractivity contribution is 7.94. The van der Waals surface area contributed by atoms with E-state index >= 15 is 0 Å². The molecule has 0 radical (unpaired) electrons. The lowest BCUT2D eigenvalue weighted by Gasteiger charge is -2.08. The molecule has 8 heteroatoms. The van der Waals surface area contributed by atoms with E-state index < -0.39 is 10.0 Å². The average Bonchev–Trinajstić information content (AvgIpc) is 3.18.